The minimum atomic E-state index is -0.545. The normalized spacial score (nSPS) is 13.1. The molecule has 1 unspecified atom stereocenters. The van der Waals surface area contributed by atoms with Gasteiger partial charge in [0.1, 0.15) is 11.9 Å². The molecule has 4 nitrogen and oxygen atoms in total. The van der Waals surface area contributed by atoms with E-state index in [0.29, 0.717) is 5.75 Å². The van der Waals surface area contributed by atoms with Crippen LogP contribution < -0.4 is 5.32 Å². The van der Waals surface area contributed by atoms with Crippen molar-refractivity contribution in [1.29, 1.82) is 0 Å². The number of thioether (sulfide) groups is 1. The van der Waals surface area contributed by atoms with Gasteiger partial charge in [0.15, 0.2) is 0 Å². The number of hydrogen-bond acceptors (Lipinski definition) is 4. The van der Waals surface area contributed by atoms with E-state index in [1.165, 1.54) is 0 Å². The van der Waals surface area contributed by atoms with Crippen molar-refractivity contribution in [3.63, 3.8) is 0 Å². The summed E-state index contributed by atoms with van der Waals surface area (Å²) in [5.74, 6) is 1.50. The molecule has 0 saturated heterocycles. The molecule has 5 heteroatoms. The van der Waals surface area contributed by atoms with E-state index in [-0.39, 0.29) is 0 Å². The zero-order chi connectivity index (χ0) is 11.9. The van der Waals surface area contributed by atoms with Gasteiger partial charge in [-0.1, -0.05) is 6.92 Å². The quantitative estimate of drug-likeness (QED) is 0.736. The fourth-order valence-corrected chi connectivity index (χ4v) is 1.47. The Kier molecular flexibility index (Phi) is 6.40. The van der Waals surface area contributed by atoms with Crippen LogP contribution in [0.25, 0.3) is 0 Å². The van der Waals surface area contributed by atoms with Crippen LogP contribution in [0.3, 0.4) is 0 Å². The van der Waals surface area contributed by atoms with Crippen LogP contribution in [0, 0.1) is 0 Å². The largest absolute Gasteiger partial charge is 0.444 e. The molecule has 0 aromatic rings. The molecule has 0 radical (unpaired) electrons. The molecule has 0 rings (SSSR count). The summed E-state index contributed by atoms with van der Waals surface area (Å²) in [6.07, 6.45) is 0.184. The highest BCUT2D eigenvalue weighted by Gasteiger charge is 2.18. The van der Waals surface area contributed by atoms with Gasteiger partial charge in [0.05, 0.1) is 6.04 Å². The molecule has 1 amide bonds. The van der Waals surface area contributed by atoms with E-state index in [0.717, 1.165) is 12.0 Å². The number of alkyl carbamates (subject to hydrolysis) is 1. The molecule has 0 aromatic heterocycles. The number of carbonyl (C=O) groups is 2. The van der Waals surface area contributed by atoms with E-state index < -0.39 is 17.7 Å². The van der Waals surface area contributed by atoms with Gasteiger partial charge in [-0.2, -0.15) is 11.8 Å². The van der Waals surface area contributed by atoms with Crippen molar-refractivity contribution in [3.8, 4) is 0 Å². The standard InChI is InChI=1S/C10H19NO3S/c1-5-15-7-8(6-12)11-9(13)14-10(2,3)4/h6,8H,5,7H2,1-4H3,(H,11,13). The Labute approximate surface area is 95.1 Å². The van der Waals surface area contributed by atoms with Gasteiger partial charge in [0.2, 0.25) is 0 Å². The topological polar surface area (TPSA) is 55.4 Å². The summed E-state index contributed by atoms with van der Waals surface area (Å²) in [7, 11) is 0. The molecule has 0 aliphatic rings. The Balaban J connectivity index is 3.96. The number of hydrogen-bond donors (Lipinski definition) is 1. The molecule has 0 heterocycles. The smallest absolute Gasteiger partial charge is 0.408 e. The predicted molar refractivity (Wildman–Crippen MR) is 62.2 cm³/mol. The maximum absolute atomic E-state index is 11.3. The minimum Gasteiger partial charge on any atom is -0.444 e. The molecule has 15 heavy (non-hydrogen) atoms. The first-order valence-electron chi connectivity index (χ1n) is 4.91. The van der Waals surface area contributed by atoms with Crippen LogP contribution in [-0.4, -0.2) is 35.5 Å². The summed E-state index contributed by atoms with van der Waals surface area (Å²) in [5.41, 5.74) is -0.532. The van der Waals surface area contributed by atoms with E-state index in [4.69, 9.17) is 4.74 Å². The van der Waals surface area contributed by atoms with Gasteiger partial charge >= 0.3 is 6.09 Å². The first-order valence-corrected chi connectivity index (χ1v) is 6.07. The fourth-order valence-electron chi connectivity index (χ4n) is 0.819. The maximum Gasteiger partial charge on any atom is 0.408 e. The third kappa shape index (κ3) is 8.30. The average molecular weight is 233 g/mol. The third-order valence-corrected chi connectivity index (χ3v) is 2.37. The second kappa shape index (κ2) is 6.71. The number of aldehydes is 1. The number of rotatable bonds is 5. The van der Waals surface area contributed by atoms with Gasteiger partial charge in [-0.05, 0) is 26.5 Å². The van der Waals surface area contributed by atoms with Crippen molar-refractivity contribution in [2.75, 3.05) is 11.5 Å². The molecule has 0 saturated carbocycles. The van der Waals surface area contributed by atoms with Crippen LogP contribution >= 0.6 is 11.8 Å². The summed E-state index contributed by atoms with van der Waals surface area (Å²) in [6, 6.07) is -0.468. The summed E-state index contributed by atoms with van der Waals surface area (Å²) in [5, 5.41) is 2.51. The van der Waals surface area contributed by atoms with Crippen molar-refractivity contribution in [2.45, 2.75) is 39.3 Å². The number of nitrogens with one attached hydrogen (secondary N) is 1. The third-order valence-electron chi connectivity index (χ3n) is 1.37. The van der Waals surface area contributed by atoms with Crippen LogP contribution in [0.15, 0.2) is 0 Å². The fraction of sp³-hybridized carbons (Fsp3) is 0.800. The first kappa shape index (κ1) is 14.3. The molecular formula is C10H19NO3S. The first-order chi connectivity index (χ1) is 6.89. The van der Waals surface area contributed by atoms with Crippen LogP contribution in [0.4, 0.5) is 4.79 Å². The van der Waals surface area contributed by atoms with E-state index in [1.54, 1.807) is 32.5 Å². The molecule has 1 N–H and O–H groups in total. The average Bonchev–Trinajstić information content (AvgIpc) is 2.09. The summed E-state index contributed by atoms with van der Waals surface area (Å²) in [6.45, 7) is 7.34. The molecule has 0 fully saturated rings. The number of amides is 1. The van der Waals surface area contributed by atoms with Gasteiger partial charge < -0.3 is 14.8 Å². The lowest BCUT2D eigenvalue weighted by Gasteiger charge is -2.21. The van der Waals surface area contributed by atoms with E-state index in [2.05, 4.69) is 5.32 Å². The van der Waals surface area contributed by atoms with Gasteiger partial charge in [-0.3, -0.25) is 0 Å². The summed E-state index contributed by atoms with van der Waals surface area (Å²) >= 11 is 1.60. The zero-order valence-corrected chi connectivity index (χ0v) is 10.5. The molecule has 88 valence electrons. The van der Waals surface area contributed by atoms with Crippen LogP contribution in [0.1, 0.15) is 27.7 Å². The van der Waals surface area contributed by atoms with Gasteiger partial charge in [0, 0.05) is 5.75 Å². The Bertz CT molecular complexity index is 213. The summed E-state index contributed by atoms with van der Waals surface area (Å²) in [4.78, 5) is 21.9. The van der Waals surface area contributed by atoms with Gasteiger partial charge in [0.25, 0.3) is 0 Å². The predicted octanol–water partition coefficient (Wildman–Crippen LogP) is 1.83. The van der Waals surface area contributed by atoms with Crippen molar-refractivity contribution < 1.29 is 14.3 Å². The number of ether oxygens (including phenoxy) is 1. The lowest BCUT2D eigenvalue weighted by molar-refractivity contribution is -0.109. The summed E-state index contributed by atoms with van der Waals surface area (Å²) < 4.78 is 5.03. The van der Waals surface area contributed by atoms with Crippen molar-refractivity contribution >= 4 is 24.1 Å². The molecule has 0 aromatic carbocycles. The highest BCUT2D eigenvalue weighted by atomic mass is 32.2. The van der Waals surface area contributed by atoms with Crippen LogP contribution in [0.2, 0.25) is 0 Å². The highest BCUT2D eigenvalue weighted by Crippen LogP contribution is 2.07. The van der Waals surface area contributed by atoms with Crippen LogP contribution in [0.5, 0.6) is 0 Å². The maximum atomic E-state index is 11.3. The second-order valence-corrected chi connectivity index (χ2v) is 5.37. The molecule has 0 spiro atoms. The Morgan fingerprint density at radius 1 is 1.53 bits per heavy atom. The Hall–Kier alpha value is -0.710. The Morgan fingerprint density at radius 3 is 2.53 bits per heavy atom. The molecular weight excluding hydrogens is 214 g/mol. The SMILES string of the molecule is CCSCC(C=O)NC(=O)OC(C)(C)C. The minimum absolute atomic E-state index is 0.468. The highest BCUT2D eigenvalue weighted by molar-refractivity contribution is 7.99. The Morgan fingerprint density at radius 2 is 2.13 bits per heavy atom. The van der Waals surface area contributed by atoms with Crippen molar-refractivity contribution in [1.82, 2.24) is 5.32 Å². The lowest BCUT2D eigenvalue weighted by Crippen LogP contribution is -2.41. The van der Waals surface area contributed by atoms with E-state index in [1.807, 2.05) is 6.92 Å². The van der Waals surface area contributed by atoms with Crippen molar-refractivity contribution in [3.05, 3.63) is 0 Å². The zero-order valence-electron chi connectivity index (χ0n) is 9.70. The van der Waals surface area contributed by atoms with Gasteiger partial charge in [-0.25, -0.2) is 4.79 Å². The number of carbonyl (C=O) groups excluding carboxylic acids is 2. The molecule has 1 atom stereocenters. The van der Waals surface area contributed by atoms with E-state index in [9.17, 15) is 9.59 Å². The van der Waals surface area contributed by atoms with Crippen molar-refractivity contribution in [2.24, 2.45) is 0 Å². The second-order valence-electron chi connectivity index (χ2n) is 4.05. The molecule has 0 bridgehead atoms. The van der Waals surface area contributed by atoms with Crippen LogP contribution in [-0.2, 0) is 9.53 Å². The lowest BCUT2D eigenvalue weighted by atomic mass is 10.2. The monoisotopic (exact) mass is 233 g/mol. The van der Waals surface area contributed by atoms with E-state index >= 15 is 0 Å². The molecule has 0 aliphatic heterocycles. The molecule has 0 aliphatic carbocycles. The van der Waals surface area contributed by atoms with Gasteiger partial charge in [-0.15, -0.1) is 0 Å².